The number of rotatable bonds is 26. The number of nitrogens with zero attached hydrogens (tertiary/aromatic N) is 3. The molecule has 0 saturated carbocycles. The summed E-state index contributed by atoms with van der Waals surface area (Å²) in [5, 5.41) is 6.53. The molecular weight excluding hydrogens is 907 g/mol. The molecule has 0 fully saturated rings. The van der Waals surface area contributed by atoms with Crippen LogP contribution in [0.1, 0.15) is 42.5 Å². The molecule has 2 aliphatic heterocycles. The molecule has 2 atom stereocenters. The van der Waals surface area contributed by atoms with Crippen LogP contribution in [0.5, 0.6) is 23.0 Å². The highest BCUT2D eigenvalue weighted by Crippen LogP contribution is 2.42. The van der Waals surface area contributed by atoms with Crippen molar-refractivity contribution in [3.8, 4) is 34.1 Å². The largest absolute Gasteiger partial charge is 0.493 e. The van der Waals surface area contributed by atoms with E-state index in [2.05, 4.69) is 72.5 Å². The summed E-state index contributed by atoms with van der Waals surface area (Å²) in [6.07, 6.45) is 14.0. The van der Waals surface area contributed by atoms with E-state index < -0.39 is 0 Å². The third-order valence-electron chi connectivity index (χ3n) is 12.1. The lowest BCUT2D eigenvalue weighted by Crippen LogP contribution is -2.39. The van der Waals surface area contributed by atoms with Gasteiger partial charge in [-0.1, -0.05) is 48.6 Å². The Labute approximate surface area is 418 Å². The first-order chi connectivity index (χ1) is 34.0. The number of nitrogens with one attached hydrogen (secondary N) is 2. The number of carbonyl (C=O) groups excluding carboxylic acids is 2. The second kappa shape index (κ2) is 26.6. The smallest absolute Gasteiger partial charge is 0.214 e. The Hall–Kier alpha value is -6.26. The molecule has 4 aromatic rings. The van der Waals surface area contributed by atoms with Gasteiger partial charge in [-0.25, -0.2) is 0 Å². The molecule has 0 spiro atoms. The van der Waals surface area contributed by atoms with Gasteiger partial charge in [0.15, 0.2) is 23.0 Å². The molecule has 2 amide bonds. The fourth-order valence-electron chi connectivity index (χ4n) is 8.19. The lowest BCUT2D eigenvalue weighted by atomic mass is 9.92. The molecule has 0 aliphatic carbocycles. The van der Waals surface area contributed by atoms with Crippen LogP contribution in [-0.4, -0.2) is 121 Å². The predicted octanol–water partition coefficient (Wildman–Crippen LogP) is 9.11. The zero-order valence-electron chi connectivity index (χ0n) is 41.7. The number of thioether (sulfide) groups is 1. The highest BCUT2D eigenvalue weighted by atomic mass is 32.2. The predicted molar refractivity (Wildman–Crippen MR) is 282 cm³/mol. The molecule has 14 nitrogen and oxygen atoms in total. The number of aryl methyl sites for hydroxylation is 1. The molecule has 15 heteroatoms. The van der Waals surface area contributed by atoms with Crippen LogP contribution in [-0.2, 0) is 43.4 Å². The number of allylic oxidation sites excluding steroid dienone is 3. The number of hydrogen-bond acceptors (Lipinski definition) is 13. The topological polar surface area (TPSA) is 142 Å². The van der Waals surface area contributed by atoms with Gasteiger partial charge in [0, 0.05) is 79.0 Å². The SMILES string of the molecule is C=C1/C=C\C=C/N(C=O)[C@H](C=Nc2cc(OCc3cc(COc4cc5c(cc4OC)-c4ccccc4C[C@H](NC=O)CN5)cc(N(CCOCCOCCOC)CC(C)(C)SC)c3)c(OC)cc2C)C1. The van der Waals surface area contributed by atoms with Gasteiger partial charge in [0.1, 0.15) is 13.2 Å². The third kappa shape index (κ3) is 15.1. The van der Waals surface area contributed by atoms with Gasteiger partial charge in [0.2, 0.25) is 12.8 Å². The van der Waals surface area contributed by atoms with E-state index in [1.54, 1.807) is 38.6 Å². The summed E-state index contributed by atoms with van der Waals surface area (Å²) in [6.45, 7) is 15.4. The Balaban J connectivity index is 1.32. The van der Waals surface area contributed by atoms with Gasteiger partial charge in [0.05, 0.1) is 59.0 Å². The van der Waals surface area contributed by atoms with Crippen LogP contribution in [0.15, 0.2) is 108 Å². The number of anilines is 2. The van der Waals surface area contributed by atoms with Crippen molar-refractivity contribution in [1.82, 2.24) is 10.2 Å². The number of benzene rings is 4. The van der Waals surface area contributed by atoms with Crippen molar-refractivity contribution in [1.29, 1.82) is 0 Å². The molecule has 2 heterocycles. The first kappa shape index (κ1) is 53.1. The number of ether oxygens (including phenoxy) is 7. The van der Waals surface area contributed by atoms with Crippen LogP contribution in [0, 0.1) is 6.92 Å². The number of carbonyl (C=O) groups is 2. The molecule has 2 N–H and O–H groups in total. The number of hydrogen-bond donors (Lipinski definition) is 2. The van der Waals surface area contributed by atoms with E-state index in [0.717, 1.165) is 69.7 Å². The molecule has 0 radical (unpaired) electrons. The Morgan fingerprint density at radius 2 is 1.56 bits per heavy atom. The summed E-state index contributed by atoms with van der Waals surface area (Å²) in [6, 6.07) is 22.0. The minimum atomic E-state index is -0.319. The van der Waals surface area contributed by atoms with Gasteiger partial charge in [-0.3, -0.25) is 14.6 Å². The van der Waals surface area contributed by atoms with Crippen LogP contribution in [0.25, 0.3) is 11.1 Å². The van der Waals surface area contributed by atoms with Gasteiger partial charge in [0.25, 0.3) is 0 Å². The normalized spacial score (nSPS) is 16.6. The molecule has 0 aromatic heterocycles. The van der Waals surface area contributed by atoms with E-state index >= 15 is 0 Å². The molecular formula is C55H69N5O9S. The monoisotopic (exact) mass is 975 g/mol. The summed E-state index contributed by atoms with van der Waals surface area (Å²) in [5.74, 6) is 2.26. The minimum absolute atomic E-state index is 0.0858. The molecule has 2 aliphatic rings. The van der Waals surface area contributed by atoms with Crippen molar-refractivity contribution in [3.05, 3.63) is 126 Å². The first-order valence-corrected chi connectivity index (χ1v) is 24.8. The fourth-order valence-corrected chi connectivity index (χ4v) is 8.47. The Morgan fingerprint density at radius 1 is 0.857 bits per heavy atom. The van der Waals surface area contributed by atoms with E-state index in [1.165, 1.54) is 0 Å². The van der Waals surface area contributed by atoms with Crippen molar-refractivity contribution in [2.45, 2.75) is 63.7 Å². The van der Waals surface area contributed by atoms with Crippen molar-refractivity contribution >= 4 is 47.9 Å². The number of aliphatic imine (C=N–C) groups is 1. The molecule has 0 saturated heterocycles. The van der Waals surface area contributed by atoms with E-state index in [9.17, 15) is 9.59 Å². The molecule has 0 unspecified atom stereocenters. The zero-order valence-corrected chi connectivity index (χ0v) is 42.5. The number of fused-ring (bicyclic) bond motifs is 3. The maximum atomic E-state index is 12.0. The van der Waals surface area contributed by atoms with E-state index in [4.69, 9.17) is 38.2 Å². The highest BCUT2D eigenvalue weighted by molar-refractivity contribution is 7.99. The van der Waals surface area contributed by atoms with Crippen molar-refractivity contribution < 1.29 is 42.7 Å². The summed E-state index contributed by atoms with van der Waals surface area (Å²) in [4.78, 5) is 32.4. The Kier molecular flexibility index (Phi) is 20.2. The molecule has 0 bridgehead atoms. The standard InChI is InChI=1S/C55H69N5O9S/c1-39-13-11-12-16-60(38-62)46(23-39)33-57-49-30-53(51(64-6)24-40(49)2)68-34-41-25-42(27-45(26-41)59(36-55(3,4)70-8)17-18-66-21-22-67-20-19-63-5)35-69-54-31-50-48(29-52(54)65-7)47-15-10-9-14-43(47)28-44(32-56-50)58-37-61/h9-16,24-27,29-31,33,37-38,44,46,56H,1,17-23,28,32,34-36H2,2-8H3,(H,58,61)/b13-11-,16-12-,57-33?/t44-,46-/m0/s1. The quantitative estimate of drug-likeness (QED) is 0.0352. The summed E-state index contributed by atoms with van der Waals surface area (Å²) >= 11 is 1.81. The fraction of sp³-hybridized carbons (Fsp3) is 0.400. The van der Waals surface area contributed by atoms with Crippen LogP contribution < -0.4 is 34.5 Å². The minimum Gasteiger partial charge on any atom is -0.493 e. The molecule has 374 valence electrons. The third-order valence-corrected chi connectivity index (χ3v) is 13.3. The molecule has 70 heavy (non-hydrogen) atoms. The molecule has 4 aromatic carbocycles. The van der Waals surface area contributed by atoms with E-state index in [-0.39, 0.29) is 30.0 Å². The van der Waals surface area contributed by atoms with Gasteiger partial charge in [-0.2, -0.15) is 11.8 Å². The van der Waals surface area contributed by atoms with Crippen molar-refractivity contribution in [2.75, 3.05) is 90.5 Å². The van der Waals surface area contributed by atoms with Crippen LogP contribution in [0.2, 0.25) is 0 Å². The van der Waals surface area contributed by atoms with Gasteiger partial charge < -0.3 is 53.6 Å². The van der Waals surface area contributed by atoms with Crippen LogP contribution in [0.4, 0.5) is 17.1 Å². The second-order valence-electron chi connectivity index (χ2n) is 17.7. The van der Waals surface area contributed by atoms with Gasteiger partial charge in [-0.15, -0.1) is 0 Å². The Morgan fingerprint density at radius 3 is 2.26 bits per heavy atom. The summed E-state index contributed by atoms with van der Waals surface area (Å²) < 4.78 is 41.9. The maximum Gasteiger partial charge on any atom is 0.214 e. The number of amides is 2. The average molecular weight is 976 g/mol. The van der Waals surface area contributed by atoms with E-state index in [0.29, 0.717) is 87.7 Å². The Bertz CT molecular complexity index is 2480. The molecule has 6 rings (SSSR count). The summed E-state index contributed by atoms with van der Waals surface area (Å²) in [7, 11) is 4.92. The highest BCUT2D eigenvalue weighted by Gasteiger charge is 2.24. The second-order valence-corrected chi connectivity index (χ2v) is 19.2. The first-order valence-electron chi connectivity index (χ1n) is 23.5. The van der Waals surface area contributed by atoms with Gasteiger partial charge >= 0.3 is 0 Å². The van der Waals surface area contributed by atoms with Crippen molar-refractivity contribution in [2.24, 2.45) is 4.99 Å². The van der Waals surface area contributed by atoms with E-state index in [1.807, 2.05) is 73.3 Å². The van der Waals surface area contributed by atoms with Crippen LogP contribution in [0.3, 0.4) is 0 Å². The van der Waals surface area contributed by atoms with Crippen molar-refractivity contribution in [3.63, 3.8) is 0 Å². The maximum absolute atomic E-state index is 12.0. The van der Waals surface area contributed by atoms with Crippen LogP contribution >= 0.6 is 11.8 Å². The van der Waals surface area contributed by atoms with Gasteiger partial charge in [-0.05, 0) is 104 Å². The number of methoxy groups -OCH3 is 3. The summed E-state index contributed by atoms with van der Waals surface area (Å²) in [5.41, 5.74) is 9.34. The lowest BCUT2D eigenvalue weighted by Gasteiger charge is -2.33. The average Bonchev–Trinajstić information content (AvgIpc) is 3.35. The lowest BCUT2D eigenvalue weighted by molar-refractivity contribution is -0.116. The zero-order chi connectivity index (χ0) is 49.9.